The van der Waals surface area contributed by atoms with Crippen LogP contribution in [0.4, 0.5) is 0 Å². The number of H-pyrrole nitrogens is 1. The van der Waals surface area contributed by atoms with Gasteiger partial charge in [-0.15, -0.1) is 0 Å². The summed E-state index contributed by atoms with van der Waals surface area (Å²) in [5, 5.41) is 39.3. The van der Waals surface area contributed by atoms with E-state index < -0.39 is 36.6 Å². The van der Waals surface area contributed by atoms with Crippen molar-refractivity contribution in [3.63, 3.8) is 0 Å². The Morgan fingerprint density at radius 3 is 2.64 bits per heavy atom. The zero-order chi connectivity index (χ0) is 19.7. The molecule has 1 saturated heterocycles. The van der Waals surface area contributed by atoms with Crippen molar-refractivity contribution in [1.82, 2.24) is 19.5 Å². The Kier molecular flexibility index (Phi) is 7.51. The molecule has 11 nitrogen and oxygen atoms in total. The van der Waals surface area contributed by atoms with Crippen LogP contribution in [0, 0.1) is 0 Å². The maximum atomic E-state index is 11.3. The van der Waals surface area contributed by atoms with Gasteiger partial charge < -0.3 is 30.1 Å². The second-order valence-corrected chi connectivity index (χ2v) is 6.46. The molecule has 1 fully saturated rings. The Labute approximate surface area is 181 Å². The quantitative estimate of drug-likeness (QED) is 0.298. The number of carbonyl (C=O) groups is 1. The molecule has 12 heteroatoms. The van der Waals surface area contributed by atoms with Crippen LogP contribution in [-0.2, 0) is 9.53 Å². The second-order valence-electron chi connectivity index (χ2n) is 6.46. The molecule has 147 valence electrons. The van der Waals surface area contributed by atoms with Crippen LogP contribution < -0.4 is 5.49 Å². The number of hydrogen-bond donors (Lipinski definition) is 5. The average molecular weight is 402 g/mol. The first kappa shape index (κ1) is 22.7. The molecule has 5 atom stereocenters. The molecule has 28 heavy (non-hydrogen) atoms. The van der Waals surface area contributed by atoms with Gasteiger partial charge in [0.2, 0.25) is 0 Å². The van der Waals surface area contributed by atoms with Crippen molar-refractivity contribution < 1.29 is 30.0 Å². The first-order valence-electron chi connectivity index (χ1n) is 8.27. The van der Waals surface area contributed by atoms with Gasteiger partial charge in [-0.3, -0.25) is 9.56 Å². The van der Waals surface area contributed by atoms with E-state index in [1.165, 1.54) is 17.2 Å². The monoisotopic (exact) mass is 402 g/mol. The van der Waals surface area contributed by atoms with Crippen LogP contribution in [0.5, 0.6) is 0 Å². The van der Waals surface area contributed by atoms with E-state index in [4.69, 9.17) is 4.74 Å². The van der Waals surface area contributed by atoms with Crippen molar-refractivity contribution in [3.05, 3.63) is 29.8 Å². The summed E-state index contributed by atoms with van der Waals surface area (Å²) in [5.74, 6) is -1.46. The van der Waals surface area contributed by atoms with Crippen molar-refractivity contribution in [2.45, 2.75) is 44.5 Å². The molecule has 1 aliphatic heterocycles. The topological polar surface area (TPSA) is 166 Å². The third kappa shape index (κ3) is 4.35. The number of nitrogens with one attached hydrogen (secondary N) is 1. The van der Waals surface area contributed by atoms with E-state index in [9.17, 15) is 25.2 Å². The second kappa shape index (κ2) is 9.27. The molecule has 0 aromatic carbocycles. The molecule has 0 bridgehead atoms. The fourth-order valence-corrected chi connectivity index (χ4v) is 2.80. The van der Waals surface area contributed by atoms with Crippen molar-refractivity contribution >= 4 is 46.7 Å². The van der Waals surface area contributed by atoms with Crippen molar-refractivity contribution in [2.24, 2.45) is 4.99 Å². The van der Waals surface area contributed by atoms with E-state index in [0.29, 0.717) is 23.2 Å². The van der Waals surface area contributed by atoms with Gasteiger partial charge in [0.25, 0.3) is 0 Å². The predicted octanol–water partition coefficient (Wildman–Crippen LogP) is -1.69. The first-order valence-corrected chi connectivity index (χ1v) is 8.27. The fourth-order valence-electron chi connectivity index (χ4n) is 2.80. The summed E-state index contributed by atoms with van der Waals surface area (Å²) in [7, 11) is 0. The number of aromatic amines is 1. The third-order valence-electron chi connectivity index (χ3n) is 4.24. The van der Waals surface area contributed by atoms with Gasteiger partial charge in [-0.2, -0.15) is 0 Å². The van der Waals surface area contributed by atoms with E-state index in [0.717, 1.165) is 5.57 Å². The number of carboxylic acid groups (broad SMARTS) is 1. The van der Waals surface area contributed by atoms with Gasteiger partial charge in [0.15, 0.2) is 23.5 Å². The number of aromatic nitrogens is 4. The zero-order valence-corrected chi connectivity index (χ0v) is 17.7. The van der Waals surface area contributed by atoms with E-state index >= 15 is 0 Å². The number of carboxylic acids is 1. The Balaban J connectivity index is 0.00000280. The van der Waals surface area contributed by atoms with Gasteiger partial charge in [-0.1, -0.05) is 11.6 Å². The van der Waals surface area contributed by atoms with Crippen LogP contribution in [0.25, 0.3) is 11.2 Å². The molecule has 5 N–H and O–H groups in total. The molecule has 1 aliphatic rings. The number of aliphatic carboxylic acids is 1. The predicted molar refractivity (Wildman–Crippen MR) is 97.1 cm³/mol. The van der Waals surface area contributed by atoms with Crippen LogP contribution in [0.15, 0.2) is 29.3 Å². The number of nitrogens with zero attached hydrogens (tertiary/aromatic N) is 4. The summed E-state index contributed by atoms with van der Waals surface area (Å²) < 4.78 is 6.62. The summed E-state index contributed by atoms with van der Waals surface area (Å²) >= 11 is 0. The minimum Gasteiger partial charge on any atom is -0.479 e. The zero-order valence-electron chi connectivity index (χ0n) is 15.7. The SMILES string of the molecule is CC(C)=CCN=c1ncn([C@@H]2O[C@H](C(=O)O)[C@@H](O)[C@H](O)[C@H]2O)c2nc[nH]c12.[Na]. The van der Waals surface area contributed by atoms with Crippen molar-refractivity contribution in [2.75, 3.05) is 6.54 Å². The summed E-state index contributed by atoms with van der Waals surface area (Å²) in [6, 6.07) is 0. The number of hydrogen-bond acceptors (Lipinski definition) is 8. The smallest absolute Gasteiger partial charge is 0.335 e. The van der Waals surface area contributed by atoms with E-state index in [1.807, 2.05) is 19.9 Å². The molecule has 0 saturated carbocycles. The van der Waals surface area contributed by atoms with Crippen LogP contribution in [0.1, 0.15) is 20.1 Å². The molecular formula is C16H21N5NaO6. The van der Waals surface area contributed by atoms with Crippen LogP contribution in [0.2, 0.25) is 0 Å². The Bertz CT molecular complexity index is 937. The molecule has 0 amide bonds. The molecule has 0 unspecified atom stereocenters. The summed E-state index contributed by atoms with van der Waals surface area (Å²) in [5.41, 5.74) is 2.26. The number of allylic oxidation sites excluding steroid dienone is 1. The molecule has 2 aromatic heterocycles. The van der Waals surface area contributed by atoms with Gasteiger partial charge in [-0.25, -0.2) is 14.8 Å². The molecule has 1 radical (unpaired) electrons. The number of aliphatic hydroxyl groups is 3. The average Bonchev–Trinajstić information content (AvgIpc) is 3.10. The van der Waals surface area contributed by atoms with Crippen LogP contribution in [0.3, 0.4) is 0 Å². The molecule has 0 spiro atoms. The van der Waals surface area contributed by atoms with Gasteiger partial charge in [0.1, 0.15) is 30.2 Å². The standard InChI is InChI=1S/C16H21N5O6.Na/c1-7(2)3-4-17-13-8-14(19-5-18-8)21(6-20-13)15-11(24)9(22)10(23)12(27-15)16(25)26;/h3,5-6,9-12,15,22-24H,4H2,1-2H3,(H,18,19)(H,25,26);/t9-,10-,11+,12-,15+;/m0./s1. The summed E-state index contributed by atoms with van der Waals surface area (Å²) in [6.07, 6.45) is -3.47. The van der Waals surface area contributed by atoms with Gasteiger partial charge in [-0.05, 0) is 13.8 Å². The van der Waals surface area contributed by atoms with Crippen LogP contribution in [-0.4, -0.2) is 106 Å². The third-order valence-corrected chi connectivity index (χ3v) is 4.24. The number of ether oxygens (including phenoxy) is 1. The van der Waals surface area contributed by atoms with E-state index in [2.05, 4.69) is 19.9 Å². The number of rotatable bonds is 4. The van der Waals surface area contributed by atoms with Crippen LogP contribution >= 0.6 is 0 Å². The first-order chi connectivity index (χ1) is 12.8. The van der Waals surface area contributed by atoms with Crippen molar-refractivity contribution in [1.29, 1.82) is 0 Å². The van der Waals surface area contributed by atoms with E-state index in [1.54, 1.807) is 0 Å². The maximum absolute atomic E-state index is 11.3. The molecular weight excluding hydrogens is 381 g/mol. The largest absolute Gasteiger partial charge is 0.479 e. The summed E-state index contributed by atoms with van der Waals surface area (Å²) in [4.78, 5) is 26.9. The Morgan fingerprint density at radius 2 is 2.00 bits per heavy atom. The number of aliphatic hydroxyl groups excluding tert-OH is 3. The fraction of sp³-hybridized carbons (Fsp3) is 0.500. The van der Waals surface area contributed by atoms with Crippen molar-refractivity contribution in [3.8, 4) is 0 Å². The van der Waals surface area contributed by atoms with Gasteiger partial charge >= 0.3 is 5.97 Å². The molecule has 2 aromatic rings. The Morgan fingerprint density at radius 1 is 1.29 bits per heavy atom. The molecule has 0 aliphatic carbocycles. The van der Waals surface area contributed by atoms with E-state index in [-0.39, 0.29) is 29.6 Å². The normalized spacial score (nSPS) is 28.0. The minimum absolute atomic E-state index is 0. The van der Waals surface area contributed by atoms with Gasteiger partial charge in [0, 0.05) is 29.6 Å². The number of imidazole rings is 1. The molecule has 3 rings (SSSR count). The maximum Gasteiger partial charge on any atom is 0.335 e. The minimum atomic E-state index is -1.77. The van der Waals surface area contributed by atoms with Gasteiger partial charge in [0.05, 0.1) is 12.9 Å². The Hall–Kier alpha value is -1.60. The summed E-state index contributed by atoms with van der Waals surface area (Å²) in [6.45, 7) is 4.32. The number of fused-ring (bicyclic) bond motifs is 1. The molecule has 3 heterocycles.